The molecule has 0 atom stereocenters. The van der Waals surface area contributed by atoms with E-state index in [0.29, 0.717) is 11.3 Å². The van der Waals surface area contributed by atoms with Gasteiger partial charge in [-0.1, -0.05) is 18.2 Å². The van der Waals surface area contributed by atoms with E-state index in [2.05, 4.69) is 15.0 Å². The Balaban J connectivity index is 2.04. The summed E-state index contributed by atoms with van der Waals surface area (Å²) in [7, 11) is 1.74. The molecule has 2 aromatic heterocycles. The van der Waals surface area contributed by atoms with Crippen molar-refractivity contribution in [2.45, 2.75) is 6.92 Å². The molecule has 3 nitrogen and oxygen atoms in total. The van der Waals surface area contributed by atoms with Crippen LogP contribution in [0.3, 0.4) is 0 Å². The summed E-state index contributed by atoms with van der Waals surface area (Å²) in [6.07, 6.45) is 9.08. The first-order valence-corrected chi connectivity index (χ1v) is 7.98. The molecule has 3 rings (SSSR count). The second kappa shape index (κ2) is 7.62. The summed E-state index contributed by atoms with van der Waals surface area (Å²) in [5.74, 6) is -0.283. The Morgan fingerprint density at radius 1 is 1.08 bits per heavy atom. The quantitative estimate of drug-likeness (QED) is 0.627. The van der Waals surface area contributed by atoms with Gasteiger partial charge in [0.2, 0.25) is 0 Å². The van der Waals surface area contributed by atoms with Gasteiger partial charge in [0, 0.05) is 48.5 Å². The van der Waals surface area contributed by atoms with Crippen LogP contribution in [0.2, 0.25) is 0 Å². The summed E-state index contributed by atoms with van der Waals surface area (Å²) in [5, 5.41) is 0. The maximum Gasteiger partial charge on any atom is 0.132 e. The Morgan fingerprint density at radius 2 is 1.92 bits per heavy atom. The summed E-state index contributed by atoms with van der Waals surface area (Å²) in [5.41, 5.74) is 4.95. The topological polar surface area (TPSA) is 38.1 Å². The third-order valence-electron chi connectivity index (χ3n) is 3.89. The van der Waals surface area contributed by atoms with E-state index in [9.17, 15) is 4.39 Å². The van der Waals surface area contributed by atoms with E-state index >= 15 is 0 Å². The van der Waals surface area contributed by atoms with Crippen molar-refractivity contribution in [2.24, 2.45) is 4.99 Å². The van der Waals surface area contributed by atoms with Crippen molar-refractivity contribution in [3.8, 4) is 22.4 Å². The van der Waals surface area contributed by atoms with Crippen LogP contribution in [0.4, 0.5) is 4.39 Å². The SMILES string of the molecule is C/C=C(\C=NC)c1cncc(-c2ccnc(-c3ccccc3F)c2)c1. The first kappa shape index (κ1) is 16.7. The lowest BCUT2D eigenvalue weighted by atomic mass is 10.0. The number of halogens is 1. The Labute approximate surface area is 146 Å². The van der Waals surface area contributed by atoms with Gasteiger partial charge in [-0.05, 0) is 48.4 Å². The van der Waals surface area contributed by atoms with E-state index < -0.39 is 0 Å². The van der Waals surface area contributed by atoms with Gasteiger partial charge in [-0.3, -0.25) is 15.0 Å². The highest BCUT2D eigenvalue weighted by Gasteiger charge is 2.08. The third-order valence-corrected chi connectivity index (χ3v) is 3.89. The van der Waals surface area contributed by atoms with Crippen LogP contribution in [0.25, 0.3) is 28.0 Å². The molecule has 0 fully saturated rings. The van der Waals surface area contributed by atoms with Gasteiger partial charge in [-0.25, -0.2) is 4.39 Å². The molecule has 1 aromatic carbocycles. The van der Waals surface area contributed by atoms with Crippen LogP contribution in [-0.4, -0.2) is 23.2 Å². The van der Waals surface area contributed by atoms with E-state index in [1.807, 2.05) is 31.2 Å². The Morgan fingerprint density at radius 3 is 2.68 bits per heavy atom. The normalized spacial score (nSPS) is 11.9. The van der Waals surface area contributed by atoms with Crippen LogP contribution in [0.1, 0.15) is 12.5 Å². The fourth-order valence-corrected chi connectivity index (χ4v) is 2.64. The lowest BCUT2D eigenvalue weighted by molar-refractivity contribution is 0.631. The molecule has 124 valence electrons. The fraction of sp³-hybridized carbons (Fsp3) is 0.0952. The predicted molar refractivity (Wildman–Crippen MR) is 101 cm³/mol. The van der Waals surface area contributed by atoms with Crippen LogP contribution in [0.15, 0.2) is 72.1 Å². The Bertz CT molecular complexity index is 945. The molecule has 0 spiro atoms. The van der Waals surface area contributed by atoms with Crippen molar-refractivity contribution in [1.82, 2.24) is 9.97 Å². The zero-order valence-electron chi connectivity index (χ0n) is 14.1. The largest absolute Gasteiger partial charge is 0.296 e. The number of hydrogen-bond donors (Lipinski definition) is 0. The fourth-order valence-electron chi connectivity index (χ4n) is 2.64. The summed E-state index contributed by atoms with van der Waals surface area (Å²) in [6, 6.07) is 12.5. The number of aliphatic imine (C=N–C) groups is 1. The van der Waals surface area contributed by atoms with Crippen molar-refractivity contribution in [2.75, 3.05) is 7.05 Å². The highest BCUT2D eigenvalue weighted by atomic mass is 19.1. The molecule has 0 aliphatic carbocycles. The monoisotopic (exact) mass is 331 g/mol. The predicted octanol–water partition coefficient (Wildman–Crippen LogP) is 5.05. The highest BCUT2D eigenvalue weighted by Crippen LogP contribution is 2.27. The van der Waals surface area contributed by atoms with Crippen molar-refractivity contribution < 1.29 is 4.39 Å². The zero-order valence-corrected chi connectivity index (χ0v) is 14.1. The van der Waals surface area contributed by atoms with E-state index in [-0.39, 0.29) is 5.82 Å². The van der Waals surface area contributed by atoms with E-state index in [1.165, 1.54) is 6.07 Å². The molecule has 0 aliphatic heterocycles. The van der Waals surface area contributed by atoms with Gasteiger partial charge >= 0.3 is 0 Å². The Kier molecular flexibility index (Phi) is 5.09. The van der Waals surface area contributed by atoms with Crippen LogP contribution in [0.5, 0.6) is 0 Å². The molecule has 25 heavy (non-hydrogen) atoms. The van der Waals surface area contributed by atoms with Gasteiger partial charge in [0.1, 0.15) is 5.82 Å². The smallest absolute Gasteiger partial charge is 0.132 e. The molecule has 0 saturated heterocycles. The average molecular weight is 331 g/mol. The number of pyridine rings is 2. The minimum absolute atomic E-state index is 0.283. The summed E-state index contributed by atoms with van der Waals surface area (Å²) in [6.45, 7) is 1.96. The van der Waals surface area contributed by atoms with Crippen LogP contribution in [0, 0.1) is 5.82 Å². The molecular weight excluding hydrogens is 313 g/mol. The molecule has 2 heterocycles. The van der Waals surface area contributed by atoms with Gasteiger partial charge in [0.05, 0.1) is 5.69 Å². The molecule has 0 unspecified atom stereocenters. The summed E-state index contributed by atoms with van der Waals surface area (Å²) < 4.78 is 14.0. The van der Waals surface area contributed by atoms with Gasteiger partial charge in [-0.15, -0.1) is 0 Å². The second-order valence-corrected chi connectivity index (χ2v) is 5.50. The lowest BCUT2D eigenvalue weighted by Crippen LogP contribution is -1.91. The third kappa shape index (κ3) is 3.69. The van der Waals surface area contributed by atoms with Crippen LogP contribution in [-0.2, 0) is 0 Å². The summed E-state index contributed by atoms with van der Waals surface area (Å²) in [4.78, 5) is 12.7. The zero-order chi connectivity index (χ0) is 17.6. The molecule has 3 aromatic rings. The number of nitrogens with zero attached hydrogens (tertiary/aromatic N) is 3. The van der Waals surface area contributed by atoms with Gasteiger partial charge < -0.3 is 0 Å². The molecule has 0 N–H and O–H groups in total. The van der Waals surface area contributed by atoms with Crippen molar-refractivity contribution >= 4 is 11.8 Å². The van der Waals surface area contributed by atoms with E-state index in [4.69, 9.17) is 0 Å². The first-order chi connectivity index (χ1) is 12.2. The molecule has 0 bridgehead atoms. The molecule has 0 aliphatic rings. The number of aromatic nitrogens is 2. The standard InChI is InChI=1S/C21H18FN3/c1-3-15(12-23-2)17-10-18(14-24-13-17)16-8-9-25-21(11-16)19-6-4-5-7-20(19)22/h3-14H,1-2H3/b15-3+,23-12?. The number of allylic oxidation sites excluding steroid dienone is 2. The van der Waals surface area contributed by atoms with Crippen LogP contribution < -0.4 is 0 Å². The Hall–Kier alpha value is -3.14. The van der Waals surface area contributed by atoms with Crippen LogP contribution >= 0.6 is 0 Å². The average Bonchev–Trinajstić information content (AvgIpc) is 2.67. The molecule has 0 amide bonds. The number of rotatable bonds is 4. The molecule has 0 radical (unpaired) electrons. The van der Waals surface area contributed by atoms with Crippen molar-refractivity contribution in [3.63, 3.8) is 0 Å². The maximum atomic E-state index is 14.0. The summed E-state index contributed by atoms with van der Waals surface area (Å²) >= 11 is 0. The minimum atomic E-state index is -0.283. The minimum Gasteiger partial charge on any atom is -0.296 e. The van der Waals surface area contributed by atoms with E-state index in [1.54, 1.807) is 50.1 Å². The first-order valence-electron chi connectivity index (χ1n) is 7.98. The number of hydrogen-bond acceptors (Lipinski definition) is 3. The lowest BCUT2D eigenvalue weighted by Gasteiger charge is -2.08. The molecular formula is C21H18FN3. The molecule has 4 heteroatoms. The van der Waals surface area contributed by atoms with Gasteiger partial charge in [0.15, 0.2) is 0 Å². The van der Waals surface area contributed by atoms with E-state index in [0.717, 1.165) is 22.3 Å². The number of benzene rings is 1. The maximum absolute atomic E-state index is 14.0. The molecule has 0 saturated carbocycles. The van der Waals surface area contributed by atoms with Crippen molar-refractivity contribution in [1.29, 1.82) is 0 Å². The van der Waals surface area contributed by atoms with Gasteiger partial charge in [-0.2, -0.15) is 0 Å². The van der Waals surface area contributed by atoms with Crippen molar-refractivity contribution in [3.05, 3.63) is 78.5 Å². The van der Waals surface area contributed by atoms with Gasteiger partial charge in [0.25, 0.3) is 0 Å². The highest BCUT2D eigenvalue weighted by molar-refractivity contribution is 6.09. The second-order valence-electron chi connectivity index (χ2n) is 5.50.